The Kier molecular flexibility index (Phi) is 4.42. The van der Waals surface area contributed by atoms with Gasteiger partial charge in [0.1, 0.15) is 11.6 Å². The van der Waals surface area contributed by atoms with Gasteiger partial charge in [0.15, 0.2) is 0 Å². The maximum Gasteiger partial charge on any atom is 0.142 e. The molecule has 4 nitrogen and oxygen atoms in total. The average molecular weight is 273 g/mol. The molecule has 1 rings (SSSR count). The van der Waals surface area contributed by atoms with Crippen LogP contribution in [0.1, 0.15) is 12.0 Å². The first-order valence-corrected chi connectivity index (χ1v) is 5.28. The molecule has 0 saturated carbocycles. The van der Waals surface area contributed by atoms with Crippen LogP contribution in [0.15, 0.2) is 27.8 Å². The lowest BCUT2D eigenvalue weighted by Crippen LogP contribution is -2.15. The highest BCUT2D eigenvalue weighted by Gasteiger charge is 2.01. The van der Waals surface area contributed by atoms with Crippen molar-refractivity contribution in [2.24, 2.45) is 10.9 Å². The molecular weight excluding hydrogens is 260 g/mol. The summed E-state index contributed by atoms with van der Waals surface area (Å²) in [7, 11) is 0. The molecule has 0 heterocycles. The van der Waals surface area contributed by atoms with E-state index in [1.165, 1.54) is 0 Å². The number of aryl methyl sites for hydroxylation is 1. The van der Waals surface area contributed by atoms with E-state index in [-0.39, 0.29) is 5.84 Å². The fraction of sp³-hybridized carbons (Fsp3) is 0.300. The van der Waals surface area contributed by atoms with Crippen molar-refractivity contribution in [2.75, 3.05) is 6.61 Å². The smallest absolute Gasteiger partial charge is 0.142 e. The molecule has 0 aliphatic rings. The van der Waals surface area contributed by atoms with Gasteiger partial charge in [0.05, 0.1) is 6.61 Å². The van der Waals surface area contributed by atoms with E-state index >= 15 is 0 Å². The number of benzene rings is 1. The number of halogens is 1. The number of hydrogen-bond donors (Lipinski definition) is 2. The Balaban J connectivity index is 2.54. The van der Waals surface area contributed by atoms with E-state index in [2.05, 4.69) is 21.1 Å². The second kappa shape index (κ2) is 5.60. The van der Waals surface area contributed by atoms with Crippen LogP contribution in [0.25, 0.3) is 0 Å². The van der Waals surface area contributed by atoms with Crippen molar-refractivity contribution in [2.45, 2.75) is 13.3 Å². The van der Waals surface area contributed by atoms with Crippen molar-refractivity contribution < 1.29 is 9.94 Å². The third-order valence-electron chi connectivity index (χ3n) is 1.89. The Morgan fingerprint density at radius 3 is 3.00 bits per heavy atom. The van der Waals surface area contributed by atoms with Gasteiger partial charge in [-0.05, 0) is 24.6 Å². The van der Waals surface area contributed by atoms with Crippen molar-refractivity contribution in [3.63, 3.8) is 0 Å². The van der Waals surface area contributed by atoms with Crippen LogP contribution >= 0.6 is 15.9 Å². The SMILES string of the molecule is Cc1ccc(Br)cc1OCC/C(N)=N/O. The molecule has 0 spiro atoms. The van der Waals surface area contributed by atoms with Gasteiger partial charge >= 0.3 is 0 Å². The number of oxime groups is 1. The summed E-state index contributed by atoms with van der Waals surface area (Å²) in [5.41, 5.74) is 6.37. The summed E-state index contributed by atoms with van der Waals surface area (Å²) in [4.78, 5) is 0. The van der Waals surface area contributed by atoms with Crippen molar-refractivity contribution in [3.05, 3.63) is 28.2 Å². The quantitative estimate of drug-likeness (QED) is 0.382. The van der Waals surface area contributed by atoms with Crippen LogP contribution in [0.4, 0.5) is 0 Å². The van der Waals surface area contributed by atoms with E-state index in [4.69, 9.17) is 15.7 Å². The van der Waals surface area contributed by atoms with Crippen LogP contribution in [0.3, 0.4) is 0 Å². The van der Waals surface area contributed by atoms with Gasteiger partial charge in [-0.3, -0.25) is 0 Å². The van der Waals surface area contributed by atoms with Crippen LogP contribution < -0.4 is 10.5 Å². The number of rotatable bonds is 4. The number of hydrogen-bond acceptors (Lipinski definition) is 3. The Bertz CT molecular complexity index is 366. The molecule has 0 amide bonds. The number of ether oxygens (including phenoxy) is 1. The summed E-state index contributed by atoms with van der Waals surface area (Å²) in [5, 5.41) is 11.2. The van der Waals surface area contributed by atoms with Crippen LogP contribution in [-0.4, -0.2) is 17.6 Å². The molecule has 0 aliphatic heterocycles. The second-order valence-electron chi connectivity index (χ2n) is 3.10. The first kappa shape index (κ1) is 11.8. The minimum Gasteiger partial charge on any atom is -0.493 e. The molecule has 15 heavy (non-hydrogen) atoms. The van der Waals surface area contributed by atoms with E-state index in [0.717, 1.165) is 15.8 Å². The third-order valence-corrected chi connectivity index (χ3v) is 2.39. The highest BCUT2D eigenvalue weighted by Crippen LogP contribution is 2.22. The lowest BCUT2D eigenvalue weighted by Gasteiger charge is -2.08. The fourth-order valence-electron chi connectivity index (χ4n) is 1.04. The largest absolute Gasteiger partial charge is 0.493 e. The predicted molar refractivity (Wildman–Crippen MR) is 62.4 cm³/mol. The van der Waals surface area contributed by atoms with Gasteiger partial charge in [0.2, 0.25) is 0 Å². The molecule has 0 fully saturated rings. The van der Waals surface area contributed by atoms with Gasteiger partial charge in [0.25, 0.3) is 0 Å². The summed E-state index contributed by atoms with van der Waals surface area (Å²) in [5.74, 6) is 0.970. The van der Waals surface area contributed by atoms with Crippen LogP contribution in [0.5, 0.6) is 5.75 Å². The van der Waals surface area contributed by atoms with E-state index in [9.17, 15) is 0 Å². The first-order chi connectivity index (χ1) is 7.13. The number of nitrogens with zero attached hydrogens (tertiary/aromatic N) is 1. The summed E-state index contributed by atoms with van der Waals surface area (Å²) in [6, 6.07) is 5.80. The topological polar surface area (TPSA) is 67.8 Å². The van der Waals surface area contributed by atoms with Crippen molar-refractivity contribution in [3.8, 4) is 5.75 Å². The molecule has 0 saturated heterocycles. The maximum absolute atomic E-state index is 8.33. The zero-order chi connectivity index (χ0) is 11.3. The highest BCUT2D eigenvalue weighted by atomic mass is 79.9. The van der Waals surface area contributed by atoms with Gasteiger partial charge in [-0.25, -0.2) is 0 Å². The zero-order valence-corrected chi connectivity index (χ0v) is 9.99. The molecule has 82 valence electrons. The number of nitrogens with two attached hydrogens (primary N) is 1. The monoisotopic (exact) mass is 272 g/mol. The standard InChI is InChI=1S/C10H13BrN2O2/c1-7-2-3-8(11)6-9(7)15-5-4-10(12)13-14/h2-3,6,14H,4-5H2,1H3,(H2,12,13). The lowest BCUT2D eigenvalue weighted by atomic mass is 10.2. The molecule has 0 unspecified atom stereocenters. The van der Waals surface area contributed by atoms with Crippen molar-refractivity contribution in [1.29, 1.82) is 0 Å². The molecular formula is C10H13BrN2O2. The maximum atomic E-state index is 8.33. The summed E-state index contributed by atoms with van der Waals surface area (Å²) < 4.78 is 6.45. The van der Waals surface area contributed by atoms with Crippen LogP contribution in [-0.2, 0) is 0 Å². The van der Waals surface area contributed by atoms with E-state index < -0.39 is 0 Å². The second-order valence-corrected chi connectivity index (χ2v) is 4.02. The van der Waals surface area contributed by atoms with Gasteiger partial charge in [-0.2, -0.15) is 0 Å². The summed E-state index contributed by atoms with van der Waals surface area (Å²) in [6.45, 7) is 2.36. The van der Waals surface area contributed by atoms with Gasteiger partial charge in [-0.1, -0.05) is 27.2 Å². The molecule has 0 radical (unpaired) electrons. The molecule has 0 aliphatic carbocycles. The average Bonchev–Trinajstić information content (AvgIpc) is 2.23. The summed E-state index contributed by atoms with van der Waals surface area (Å²) >= 11 is 3.36. The third kappa shape index (κ3) is 3.79. The first-order valence-electron chi connectivity index (χ1n) is 4.49. The van der Waals surface area contributed by atoms with Crippen molar-refractivity contribution >= 4 is 21.8 Å². The van der Waals surface area contributed by atoms with Gasteiger partial charge in [0, 0.05) is 10.9 Å². The Morgan fingerprint density at radius 2 is 2.33 bits per heavy atom. The Morgan fingerprint density at radius 1 is 1.60 bits per heavy atom. The molecule has 0 aromatic heterocycles. The molecule has 0 bridgehead atoms. The molecule has 0 atom stereocenters. The molecule has 1 aromatic carbocycles. The number of amidine groups is 1. The highest BCUT2D eigenvalue weighted by molar-refractivity contribution is 9.10. The van der Waals surface area contributed by atoms with Crippen LogP contribution in [0, 0.1) is 6.92 Å². The van der Waals surface area contributed by atoms with Gasteiger partial charge in [-0.15, -0.1) is 0 Å². The fourth-order valence-corrected chi connectivity index (χ4v) is 1.39. The van der Waals surface area contributed by atoms with E-state index in [1.54, 1.807) is 0 Å². The minimum absolute atomic E-state index is 0.169. The summed E-state index contributed by atoms with van der Waals surface area (Å²) in [6.07, 6.45) is 0.405. The molecule has 1 aromatic rings. The molecule has 3 N–H and O–H groups in total. The normalized spacial score (nSPS) is 11.5. The lowest BCUT2D eigenvalue weighted by molar-refractivity contribution is 0.305. The zero-order valence-electron chi connectivity index (χ0n) is 8.40. The Hall–Kier alpha value is -1.23. The van der Waals surface area contributed by atoms with E-state index in [1.807, 2.05) is 25.1 Å². The van der Waals surface area contributed by atoms with Gasteiger partial charge < -0.3 is 15.7 Å². The van der Waals surface area contributed by atoms with E-state index in [0.29, 0.717) is 13.0 Å². The van der Waals surface area contributed by atoms with Crippen molar-refractivity contribution in [1.82, 2.24) is 0 Å². The molecule has 5 heteroatoms. The minimum atomic E-state index is 0.169. The predicted octanol–water partition coefficient (Wildman–Crippen LogP) is 2.27. The van der Waals surface area contributed by atoms with Crippen LogP contribution in [0.2, 0.25) is 0 Å². The Labute approximate surface area is 96.9 Å².